The molecule has 2 aromatic carbocycles. The predicted octanol–water partition coefficient (Wildman–Crippen LogP) is 5.49. The lowest BCUT2D eigenvalue weighted by atomic mass is 10.0. The number of carbonyl (C=O) groups is 1. The first kappa shape index (κ1) is 19.8. The van der Waals surface area contributed by atoms with Gasteiger partial charge in [0.15, 0.2) is 0 Å². The third-order valence-corrected chi connectivity index (χ3v) is 5.73. The van der Waals surface area contributed by atoms with E-state index in [4.69, 9.17) is 11.6 Å². The van der Waals surface area contributed by atoms with Crippen LogP contribution in [-0.2, 0) is 6.18 Å². The van der Waals surface area contributed by atoms with Crippen LogP contribution in [0.4, 0.5) is 13.2 Å². The molecule has 4 nitrogen and oxygen atoms in total. The fraction of sp³-hybridized carbons (Fsp3) is 0.333. The molecule has 1 fully saturated rings. The number of aryl methyl sites for hydroxylation is 1. The van der Waals surface area contributed by atoms with Crippen LogP contribution in [-0.4, -0.2) is 33.4 Å². The number of halogens is 4. The van der Waals surface area contributed by atoms with Gasteiger partial charge in [0.2, 0.25) is 0 Å². The minimum Gasteiger partial charge on any atom is -0.338 e. The molecule has 0 spiro atoms. The molecule has 0 N–H and O–H groups in total. The highest BCUT2D eigenvalue weighted by molar-refractivity contribution is 6.33. The predicted molar refractivity (Wildman–Crippen MR) is 105 cm³/mol. The first-order valence-electron chi connectivity index (χ1n) is 9.33. The number of nitrogens with zero attached hydrogens (tertiary/aromatic N) is 3. The van der Waals surface area contributed by atoms with Gasteiger partial charge in [-0.2, -0.15) is 13.2 Å². The Morgan fingerprint density at radius 2 is 1.86 bits per heavy atom. The van der Waals surface area contributed by atoms with Crippen molar-refractivity contribution >= 4 is 28.5 Å². The SMILES string of the molecule is Cc1ccc(Cl)c(C(=O)N2CCC(n3cnc4cc(C(F)(F)F)ccc43)CC2)c1. The Labute approximate surface area is 170 Å². The van der Waals surface area contributed by atoms with Gasteiger partial charge >= 0.3 is 6.18 Å². The van der Waals surface area contributed by atoms with Gasteiger partial charge in [-0.05, 0) is 50.1 Å². The molecule has 2 heterocycles. The van der Waals surface area contributed by atoms with E-state index in [0.29, 0.717) is 47.6 Å². The number of aromatic nitrogens is 2. The molecule has 0 saturated carbocycles. The molecule has 3 aromatic rings. The number of alkyl halides is 3. The fourth-order valence-electron chi connectivity index (χ4n) is 3.82. The Morgan fingerprint density at radius 3 is 2.55 bits per heavy atom. The Morgan fingerprint density at radius 1 is 1.14 bits per heavy atom. The Kier molecular flexibility index (Phi) is 5.02. The maximum Gasteiger partial charge on any atom is 0.416 e. The van der Waals surface area contributed by atoms with Crippen molar-refractivity contribution in [3.05, 3.63) is 64.4 Å². The zero-order valence-corrected chi connectivity index (χ0v) is 16.5. The minimum atomic E-state index is -4.39. The largest absolute Gasteiger partial charge is 0.416 e. The normalized spacial score (nSPS) is 15.8. The number of hydrogen-bond acceptors (Lipinski definition) is 2. The Balaban J connectivity index is 1.50. The third kappa shape index (κ3) is 3.83. The summed E-state index contributed by atoms with van der Waals surface area (Å²) in [5.74, 6) is -0.0949. The second kappa shape index (κ2) is 7.37. The second-order valence-electron chi connectivity index (χ2n) is 7.36. The quantitative estimate of drug-likeness (QED) is 0.548. The van der Waals surface area contributed by atoms with Crippen LogP contribution in [0.1, 0.15) is 40.4 Å². The summed E-state index contributed by atoms with van der Waals surface area (Å²) in [5.41, 5.74) is 1.76. The number of imidazole rings is 1. The lowest BCUT2D eigenvalue weighted by molar-refractivity contribution is -0.137. The standard InChI is InChI=1S/C21H19ClF3N3O/c1-13-2-4-17(22)16(10-13)20(29)27-8-6-15(7-9-27)28-12-26-18-11-14(21(23,24)25)3-5-19(18)28/h2-5,10-12,15H,6-9H2,1H3. The summed E-state index contributed by atoms with van der Waals surface area (Å²) in [6, 6.07) is 9.08. The molecular weight excluding hydrogens is 403 g/mol. The van der Waals surface area contributed by atoms with Gasteiger partial charge in [0, 0.05) is 19.1 Å². The summed E-state index contributed by atoms with van der Waals surface area (Å²) in [6.45, 7) is 3.01. The first-order chi connectivity index (χ1) is 13.7. The highest BCUT2D eigenvalue weighted by Crippen LogP contribution is 2.33. The number of hydrogen-bond donors (Lipinski definition) is 0. The van der Waals surface area contributed by atoms with Crippen molar-refractivity contribution in [2.75, 3.05) is 13.1 Å². The number of rotatable bonds is 2. The van der Waals surface area contributed by atoms with Crippen LogP contribution in [0.5, 0.6) is 0 Å². The van der Waals surface area contributed by atoms with Crippen molar-refractivity contribution in [3.63, 3.8) is 0 Å². The van der Waals surface area contributed by atoms with Crippen molar-refractivity contribution in [1.82, 2.24) is 14.5 Å². The van der Waals surface area contributed by atoms with Gasteiger partial charge in [-0.25, -0.2) is 4.98 Å². The highest BCUT2D eigenvalue weighted by Gasteiger charge is 2.31. The molecule has 0 radical (unpaired) electrons. The van der Waals surface area contributed by atoms with Crippen LogP contribution in [0.15, 0.2) is 42.7 Å². The first-order valence-corrected chi connectivity index (χ1v) is 9.71. The summed E-state index contributed by atoms with van der Waals surface area (Å²) < 4.78 is 40.6. The average Bonchev–Trinajstić information content (AvgIpc) is 3.12. The van der Waals surface area contributed by atoms with Gasteiger partial charge in [0.25, 0.3) is 5.91 Å². The fourth-order valence-corrected chi connectivity index (χ4v) is 4.02. The second-order valence-corrected chi connectivity index (χ2v) is 7.77. The molecule has 152 valence electrons. The molecular formula is C21H19ClF3N3O. The lowest BCUT2D eigenvalue weighted by Crippen LogP contribution is -2.39. The summed E-state index contributed by atoms with van der Waals surface area (Å²) in [6.07, 6.45) is -1.41. The highest BCUT2D eigenvalue weighted by atomic mass is 35.5. The molecule has 0 bridgehead atoms. The summed E-state index contributed by atoms with van der Waals surface area (Å²) >= 11 is 6.19. The van der Waals surface area contributed by atoms with Crippen LogP contribution in [0.3, 0.4) is 0 Å². The van der Waals surface area contributed by atoms with Crippen LogP contribution < -0.4 is 0 Å². The Hall–Kier alpha value is -2.54. The third-order valence-electron chi connectivity index (χ3n) is 5.40. The number of fused-ring (bicyclic) bond motifs is 1. The zero-order chi connectivity index (χ0) is 20.8. The molecule has 29 heavy (non-hydrogen) atoms. The van der Waals surface area contributed by atoms with E-state index in [1.807, 2.05) is 17.6 Å². The van der Waals surface area contributed by atoms with E-state index in [1.54, 1.807) is 23.4 Å². The van der Waals surface area contributed by atoms with E-state index in [1.165, 1.54) is 6.07 Å². The Bertz CT molecular complexity index is 1070. The topological polar surface area (TPSA) is 38.1 Å². The molecule has 0 atom stereocenters. The number of piperidine rings is 1. The molecule has 8 heteroatoms. The molecule has 0 aliphatic carbocycles. The average molecular weight is 422 g/mol. The molecule has 4 rings (SSSR count). The molecule has 1 aliphatic rings. The van der Waals surface area contributed by atoms with Gasteiger partial charge in [0.05, 0.1) is 33.5 Å². The van der Waals surface area contributed by atoms with Crippen molar-refractivity contribution in [1.29, 1.82) is 0 Å². The number of benzene rings is 2. The summed E-state index contributed by atoms with van der Waals surface area (Å²) in [5, 5.41) is 0.434. The van der Waals surface area contributed by atoms with E-state index in [-0.39, 0.29) is 11.9 Å². The van der Waals surface area contributed by atoms with E-state index in [2.05, 4.69) is 4.98 Å². The van der Waals surface area contributed by atoms with Crippen LogP contribution in [0.25, 0.3) is 11.0 Å². The number of carbonyl (C=O) groups excluding carboxylic acids is 1. The van der Waals surface area contributed by atoms with Crippen LogP contribution in [0.2, 0.25) is 5.02 Å². The zero-order valence-electron chi connectivity index (χ0n) is 15.7. The molecule has 0 unspecified atom stereocenters. The molecule has 1 saturated heterocycles. The number of likely N-dealkylation sites (tertiary alicyclic amines) is 1. The van der Waals surface area contributed by atoms with E-state index < -0.39 is 11.7 Å². The lowest BCUT2D eigenvalue weighted by Gasteiger charge is -2.33. The van der Waals surface area contributed by atoms with Gasteiger partial charge in [-0.3, -0.25) is 4.79 Å². The van der Waals surface area contributed by atoms with Crippen LogP contribution >= 0.6 is 11.6 Å². The van der Waals surface area contributed by atoms with Crippen molar-refractivity contribution in [2.24, 2.45) is 0 Å². The van der Waals surface area contributed by atoms with Gasteiger partial charge in [-0.1, -0.05) is 23.2 Å². The smallest absolute Gasteiger partial charge is 0.338 e. The minimum absolute atomic E-state index is 0.0776. The van der Waals surface area contributed by atoms with Gasteiger partial charge in [-0.15, -0.1) is 0 Å². The van der Waals surface area contributed by atoms with Crippen LogP contribution in [0, 0.1) is 6.92 Å². The molecule has 1 amide bonds. The van der Waals surface area contributed by atoms with E-state index >= 15 is 0 Å². The summed E-state index contributed by atoms with van der Waals surface area (Å²) in [7, 11) is 0. The molecule has 1 aromatic heterocycles. The molecule has 1 aliphatic heterocycles. The number of amides is 1. The van der Waals surface area contributed by atoms with Crippen molar-refractivity contribution < 1.29 is 18.0 Å². The van der Waals surface area contributed by atoms with Gasteiger partial charge < -0.3 is 9.47 Å². The van der Waals surface area contributed by atoms with Crippen molar-refractivity contribution in [3.8, 4) is 0 Å². The maximum atomic E-state index is 12.9. The maximum absolute atomic E-state index is 12.9. The van der Waals surface area contributed by atoms with Gasteiger partial charge in [0.1, 0.15) is 0 Å². The van der Waals surface area contributed by atoms with Crippen molar-refractivity contribution in [2.45, 2.75) is 32.0 Å². The monoisotopic (exact) mass is 421 g/mol. The summed E-state index contributed by atoms with van der Waals surface area (Å²) in [4.78, 5) is 18.8. The van der Waals surface area contributed by atoms with E-state index in [9.17, 15) is 18.0 Å². The van der Waals surface area contributed by atoms with E-state index in [0.717, 1.165) is 17.7 Å².